The van der Waals surface area contributed by atoms with Crippen LogP contribution in [0.3, 0.4) is 0 Å². The predicted molar refractivity (Wildman–Crippen MR) is 51.7 cm³/mol. The first kappa shape index (κ1) is 7.43. The minimum atomic E-state index is 0.541. The molecule has 1 unspecified atom stereocenters. The largest absolute Gasteiger partial charge is 0.347 e. The lowest BCUT2D eigenvalue weighted by Gasteiger charge is -2.12. The molecule has 1 aromatic heterocycles. The first-order valence-corrected chi connectivity index (χ1v) is 5.08. The Morgan fingerprint density at radius 3 is 3.18 bits per heavy atom. The number of thiol groups is 1. The van der Waals surface area contributed by atoms with Crippen LogP contribution in [0, 0.1) is 0 Å². The maximum Gasteiger partial charge on any atom is 0.185 e. The predicted octanol–water partition coefficient (Wildman–Crippen LogP) is 1.65. The van der Waals surface area contributed by atoms with Crippen molar-refractivity contribution in [2.75, 3.05) is 18.0 Å². The fraction of sp³-hybridized carbons (Fsp3) is 0.571. The highest BCUT2D eigenvalue weighted by Crippen LogP contribution is 2.23. The number of nitrogens with zero attached hydrogens (tertiary/aromatic N) is 2. The van der Waals surface area contributed by atoms with Gasteiger partial charge in [0.2, 0.25) is 0 Å². The summed E-state index contributed by atoms with van der Waals surface area (Å²) in [6.07, 6.45) is 3.04. The molecule has 0 spiro atoms. The first-order valence-electron chi connectivity index (χ1n) is 3.69. The van der Waals surface area contributed by atoms with E-state index in [1.54, 1.807) is 11.3 Å². The van der Waals surface area contributed by atoms with E-state index in [9.17, 15) is 0 Å². The second kappa shape index (κ2) is 3.03. The van der Waals surface area contributed by atoms with Gasteiger partial charge in [0, 0.05) is 29.9 Å². The highest BCUT2D eigenvalue weighted by Gasteiger charge is 2.20. The Hall–Kier alpha value is -0.220. The summed E-state index contributed by atoms with van der Waals surface area (Å²) in [7, 11) is 0. The standard InChI is InChI=1S/C7H10N2S2/c10-6-1-3-9(5-6)7-8-2-4-11-7/h2,4,6,10H,1,3,5H2. The zero-order valence-corrected chi connectivity index (χ0v) is 7.81. The van der Waals surface area contributed by atoms with Gasteiger partial charge in [-0.3, -0.25) is 0 Å². The molecule has 1 aromatic rings. The molecule has 4 heteroatoms. The Morgan fingerprint density at radius 1 is 1.73 bits per heavy atom. The molecule has 0 radical (unpaired) electrons. The van der Waals surface area contributed by atoms with Crippen LogP contribution in [0.15, 0.2) is 11.6 Å². The summed E-state index contributed by atoms with van der Waals surface area (Å²) in [5.41, 5.74) is 0. The average Bonchev–Trinajstić information content (AvgIpc) is 2.55. The SMILES string of the molecule is SC1CCN(c2nccs2)C1. The topological polar surface area (TPSA) is 16.1 Å². The van der Waals surface area contributed by atoms with Crippen LogP contribution in [-0.4, -0.2) is 23.3 Å². The van der Waals surface area contributed by atoms with Crippen LogP contribution >= 0.6 is 24.0 Å². The van der Waals surface area contributed by atoms with Gasteiger partial charge in [0.05, 0.1) is 0 Å². The molecule has 0 saturated carbocycles. The second-order valence-electron chi connectivity index (χ2n) is 2.70. The van der Waals surface area contributed by atoms with E-state index in [4.69, 9.17) is 0 Å². The highest BCUT2D eigenvalue weighted by molar-refractivity contribution is 7.81. The van der Waals surface area contributed by atoms with Crippen molar-refractivity contribution in [1.82, 2.24) is 4.98 Å². The van der Waals surface area contributed by atoms with Gasteiger partial charge in [-0.15, -0.1) is 11.3 Å². The molecule has 1 saturated heterocycles. The van der Waals surface area contributed by atoms with Gasteiger partial charge < -0.3 is 4.90 Å². The Morgan fingerprint density at radius 2 is 2.64 bits per heavy atom. The van der Waals surface area contributed by atoms with E-state index in [-0.39, 0.29) is 0 Å². The van der Waals surface area contributed by atoms with Gasteiger partial charge in [-0.1, -0.05) is 0 Å². The highest BCUT2D eigenvalue weighted by atomic mass is 32.1. The number of thiazole rings is 1. The molecule has 2 nitrogen and oxygen atoms in total. The molecular weight excluding hydrogens is 176 g/mol. The van der Waals surface area contributed by atoms with Crippen LogP contribution in [0.4, 0.5) is 5.13 Å². The number of hydrogen-bond acceptors (Lipinski definition) is 4. The van der Waals surface area contributed by atoms with Crippen LogP contribution in [-0.2, 0) is 0 Å². The Balaban J connectivity index is 2.08. The Labute approximate surface area is 75.7 Å². The third-order valence-electron chi connectivity index (χ3n) is 1.85. The molecule has 0 aromatic carbocycles. The molecule has 1 aliphatic rings. The van der Waals surface area contributed by atoms with Crippen LogP contribution < -0.4 is 4.90 Å². The minimum Gasteiger partial charge on any atom is -0.347 e. The van der Waals surface area contributed by atoms with Gasteiger partial charge in [-0.2, -0.15) is 12.6 Å². The molecule has 1 aliphatic heterocycles. The fourth-order valence-corrected chi connectivity index (χ4v) is 2.28. The summed E-state index contributed by atoms with van der Waals surface area (Å²) in [6, 6.07) is 0. The molecule has 11 heavy (non-hydrogen) atoms. The van der Waals surface area contributed by atoms with Gasteiger partial charge in [0.25, 0.3) is 0 Å². The van der Waals surface area contributed by atoms with Gasteiger partial charge in [-0.25, -0.2) is 4.98 Å². The van der Waals surface area contributed by atoms with Crippen LogP contribution in [0.5, 0.6) is 0 Å². The van der Waals surface area contributed by atoms with E-state index in [2.05, 4.69) is 22.5 Å². The molecule has 0 bridgehead atoms. The zero-order chi connectivity index (χ0) is 7.68. The van der Waals surface area contributed by atoms with Crippen LogP contribution in [0.2, 0.25) is 0 Å². The summed E-state index contributed by atoms with van der Waals surface area (Å²) in [6.45, 7) is 2.16. The maximum absolute atomic E-state index is 4.42. The molecule has 1 atom stereocenters. The second-order valence-corrected chi connectivity index (χ2v) is 4.31. The molecule has 2 heterocycles. The Bertz CT molecular complexity index is 222. The van der Waals surface area contributed by atoms with E-state index < -0.39 is 0 Å². The fourth-order valence-electron chi connectivity index (χ4n) is 1.29. The maximum atomic E-state index is 4.42. The van der Waals surface area contributed by atoms with Crippen LogP contribution in [0.25, 0.3) is 0 Å². The molecule has 0 N–H and O–H groups in total. The third-order valence-corrected chi connectivity index (χ3v) is 3.11. The molecule has 2 rings (SSSR count). The van der Waals surface area contributed by atoms with Gasteiger partial charge in [-0.05, 0) is 6.42 Å². The van der Waals surface area contributed by atoms with E-state index in [0.29, 0.717) is 5.25 Å². The Kier molecular flexibility index (Phi) is 2.05. The monoisotopic (exact) mass is 186 g/mol. The lowest BCUT2D eigenvalue weighted by molar-refractivity contribution is 0.958. The average molecular weight is 186 g/mol. The third kappa shape index (κ3) is 1.51. The van der Waals surface area contributed by atoms with Gasteiger partial charge in [0.15, 0.2) is 5.13 Å². The molecular formula is C7H10N2S2. The summed E-state index contributed by atoms with van der Waals surface area (Å²) >= 11 is 6.12. The first-order chi connectivity index (χ1) is 5.36. The number of anilines is 1. The summed E-state index contributed by atoms with van der Waals surface area (Å²) in [5.74, 6) is 0. The molecule has 60 valence electrons. The number of hydrogen-bond donors (Lipinski definition) is 1. The summed E-state index contributed by atoms with van der Waals surface area (Å²) < 4.78 is 0. The van der Waals surface area contributed by atoms with E-state index >= 15 is 0 Å². The van der Waals surface area contributed by atoms with Gasteiger partial charge in [0.1, 0.15) is 0 Å². The number of rotatable bonds is 1. The quantitative estimate of drug-likeness (QED) is 0.671. The van der Waals surface area contributed by atoms with E-state index in [0.717, 1.165) is 18.2 Å². The summed E-state index contributed by atoms with van der Waals surface area (Å²) in [5, 5.41) is 3.70. The lowest BCUT2D eigenvalue weighted by Crippen LogP contribution is -2.19. The zero-order valence-electron chi connectivity index (χ0n) is 6.10. The number of aromatic nitrogens is 1. The van der Waals surface area contributed by atoms with Crippen molar-refractivity contribution >= 4 is 29.1 Å². The van der Waals surface area contributed by atoms with Crippen molar-refractivity contribution < 1.29 is 0 Å². The summed E-state index contributed by atoms with van der Waals surface area (Å²) in [4.78, 5) is 6.54. The van der Waals surface area contributed by atoms with Crippen molar-refractivity contribution in [3.8, 4) is 0 Å². The van der Waals surface area contributed by atoms with Crippen molar-refractivity contribution in [3.05, 3.63) is 11.6 Å². The normalized spacial score (nSPS) is 24.5. The van der Waals surface area contributed by atoms with E-state index in [1.807, 2.05) is 11.6 Å². The van der Waals surface area contributed by atoms with Crippen molar-refractivity contribution in [2.24, 2.45) is 0 Å². The smallest absolute Gasteiger partial charge is 0.185 e. The van der Waals surface area contributed by atoms with Crippen molar-refractivity contribution in [3.63, 3.8) is 0 Å². The van der Waals surface area contributed by atoms with Gasteiger partial charge >= 0.3 is 0 Å². The molecule has 1 fully saturated rings. The lowest BCUT2D eigenvalue weighted by atomic mass is 10.4. The van der Waals surface area contributed by atoms with E-state index in [1.165, 1.54) is 6.42 Å². The molecule has 0 amide bonds. The van der Waals surface area contributed by atoms with Crippen LogP contribution in [0.1, 0.15) is 6.42 Å². The van der Waals surface area contributed by atoms with Crippen molar-refractivity contribution in [2.45, 2.75) is 11.7 Å². The van der Waals surface area contributed by atoms with Crippen molar-refractivity contribution in [1.29, 1.82) is 0 Å². The minimum absolute atomic E-state index is 0.541. The molecule has 0 aliphatic carbocycles.